The fourth-order valence-electron chi connectivity index (χ4n) is 1.86. The van der Waals surface area contributed by atoms with E-state index < -0.39 is 0 Å². The summed E-state index contributed by atoms with van der Waals surface area (Å²) in [5.74, 6) is 1.64. The van der Waals surface area contributed by atoms with E-state index >= 15 is 0 Å². The zero-order valence-electron chi connectivity index (χ0n) is 10.2. The molecule has 2 aromatic rings. The summed E-state index contributed by atoms with van der Waals surface area (Å²) in [6, 6.07) is 2.01. The lowest BCUT2D eigenvalue weighted by Crippen LogP contribution is -2.19. The highest BCUT2D eigenvalue weighted by atomic mass is 35.5. The van der Waals surface area contributed by atoms with Gasteiger partial charge in [0, 0.05) is 31.6 Å². The molecule has 0 N–H and O–H groups in total. The second-order valence-electron chi connectivity index (χ2n) is 4.29. The van der Waals surface area contributed by atoms with Crippen LogP contribution >= 0.6 is 11.6 Å². The molecule has 0 atom stereocenters. The van der Waals surface area contributed by atoms with Gasteiger partial charge in [-0.15, -0.1) is 11.6 Å². The summed E-state index contributed by atoms with van der Waals surface area (Å²) < 4.78 is 2.24. The zero-order chi connectivity index (χ0) is 12.3. The standard InChI is InChI=1S/C12H17ClN4/c1-16(2)7-8-17-11-4-6-14-9-10(11)15-12(17)3-5-13/h4,6,9H,3,5,7-8H2,1-2H3. The van der Waals surface area contributed by atoms with Crippen molar-refractivity contribution in [3.8, 4) is 0 Å². The Kier molecular flexibility index (Phi) is 3.97. The van der Waals surface area contributed by atoms with Crippen LogP contribution in [-0.4, -0.2) is 46.0 Å². The van der Waals surface area contributed by atoms with Gasteiger partial charge in [0.1, 0.15) is 11.3 Å². The van der Waals surface area contributed by atoms with E-state index in [0.717, 1.165) is 36.4 Å². The third-order valence-electron chi connectivity index (χ3n) is 2.72. The molecule has 0 radical (unpaired) electrons. The third kappa shape index (κ3) is 2.76. The van der Waals surface area contributed by atoms with Gasteiger partial charge in [-0.05, 0) is 20.2 Å². The predicted octanol–water partition coefficient (Wildman–Crippen LogP) is 1.77. The molecule has 0 amide bonds. The topological polar surface area (TPSA) is 34.0 Å². The first-order valence-corrected chi connectivity index (χ1v) is 6.25. The largest absolute Gasteiger partial charge is 0.327 e. The van der Waals surface area contributed by atoms with Crippen molar-refractivity contribution in [2.24, 2.45) is 0 Å². The molecule has 0 aliphatic carbocycles. The molecule has 2 aromatic heterocycles. The number of alkyl halides is 1. The first-order chi connectivity index (χ1) is 8.22. The Bertz CT molecular complexity index is 492. The Morgan fingerprint density at radius 2 is 2.24 bits per heavy atom. The quantitative estimate of drug-likeness (QED) is 0.761. The molecule has 92 valence electrons. The molecule has 2 heterocycles. The average molecular weight is 253 g/mol. The van der Waals surface area contributed by atoms with Gasteiger partial charge in [0.05, 0.1) is 11.7 Å². The number of imidazole rings is 1. The van der Waals surface area contributed by atoms with Crippen LogP contribution < -0.4 is 0 Å². The molecule has 4 nitrogen and oxygen atoms in total. The molecule has 0 unspecified atom stereocenters. The molecule has 0 spiro atoms. The number of fused-ring (bicyclic) bond motifs is 1. The lowest BCUT2D eigenvalue weighted by atomic mass is 10.4. The molecule has 17 heavy (non-hydrogen) atoms. The molecule has 0 saturated heterocycles. The van der Waals surface area contributed by atoms with Crippen LogP contribution in [0.25, 0.3) is 11.0 Å². The van der Waals surface area contributed by atoms with Crippen molar-refractivity contribution in [1.29, 1.82) is 0 Å². The Balaban J connectivity index is 2.37. The van der Waals surface area contributed by atoms with Crippen LogP contribution in [0.15, 0.2) is 18.5 Å². The van der Waals surface area contributed by atoms with E-state index in [1.54, 1.807) is 12.4 Å². The van der Waals surface area contributed by atoms with E-state index in [1.165, 1.54) is 0 Å². The molecule has 2 rings (SSSR count). The maximum Gasteiger partial charge on any atom is 0.111 e. The van der Waals surface area contributed by atoms with E-state index in [9.17, 15) is 0 Å². The van der Waals surface area contributed by atoms with E-state index in [4.69, 9.17) is 11.6 Å². The molecule has 0 aliphatic heterocycles. The van der Waals surface area contributed by atoms with Crippen molar-refractivity contribution in [1.82, 2.24) is 19.4 Å². The Morgan fingerprint density at radius 3 is 2.94 bits per heavy atom. The minimum atomic E-state index is 0.596. The van der Waals surface area contributed by atoms with Crippen molar-refractivity contribution in [3.05, 3.63) is 24.3 Å². The van der Waals surface area contributed by atoms with Gasteiger partial charge >= 0.3 is 0 Å². The van der Waals surface area contributed by atoms with Crippen LogP contribution in [0.5, 0.6) is 0 Å². The number of rotatable bonds is 5. The van der Waals surface area contributed by atoms with Crippen LogP contribution in [0.3, 0.4) is 0 Å². The molecular formula is C12H17ClN4. The van der Waals surface area contributed by atoms with Crippen LogP contribution in [0, 0.1) is 0 Å². The summed E-state index contributed by atoms with van der Waals surface area (Å²) in [7, 11) is 4.14. The lowest BCUT2D eigenvalue weighted by Gasteiger charge is -2.12. The number of halogens is 1. The van der Waals surface area contributed by atoms with Crippen molar-refractivity contribution in [2.45, 2.75) is 13.0 Å². The number of pyridine rings is 1. The number of likely N-dealkylation sites (N-methyl/N-ethyl adjacent to an activating group) is 1. The van der Waals surface area contributed by atoms with E-state index in [-0.39, 0.29) is 0 Å². The maximum absolute atomic E-state index is 5.82. The lowest BCUT2D eigenvalue weighted by molar-refractivity contribution is 0.383. The van der Waals surface area contributed by atoms with Gasteiger partial charge < -0.3 is 9.47 Å². The first-order valence-electron chi connectivity index (χ1n) is 5.72. The summed E-state index contributed by atoms with van der Waals surface area (Å²) in [6.45, 7) is 1.92. The first kappa shape index (κ1) is 12.3. The highest BCUT2D eigenvalue weighted by Crippen LogP contribution is 2.15. The maximum atomic E-state index is 5.82. The summed E-state index contributed by atoms with van der Waals surface area (Å²) >= 11 is 5.82. The van der Waals surface area contributed by atoms with Gasteiger partial charge in [0.25, 0.3) is 0 Å². The van der Waals surface area contributed by atoms with E-state index in [0.29, 0.717) is 5.88 Å². The summed E-state index contributed by atoms with van der Waals surface area (Å²) in [6.07, 6.45) is 4.41. The minimum absolute atomic E-state index is 0.596. The van der Waals surface area contributed by atoms with Gasteiger partial charge in [-0.3, -0.25) is 4.98 Å². The van der Waals surface area contributed by atoms with Crippen LogP contribution in [0.4, 0.5) is 0 Å². The monoisotopic (exact) mass is 252 g/mol. The summed E-state index contributed by atoms with van der Waals surface area (Å²) in [5, 5.41) is 0. The summed E-state index contributed by atoms with van der Waals surface area (Å²) in [4.78, 5) is 10.8. The average Bonchev–Trinajstić information content (AvgIpc) is 2.64. The molecule has 0 aliphatic rings. The third-order valence-corrected chi connectivity index (χ3v) is 2.91. The van der Waals surface area contributed by atoms with Gasteiger partial charge in [-0.1, -0.05) is 0 Å². The highest BCUT2D eigenvalue weighted by Gasteiger charge is 2.09. The van der Waals surface area contributed by atoms with Gasteiger partial charge in [-0.2, -0.15) is 0 Å². The molecular weight excluding hydrogens is 236 g/mol. The van der Waals surface area contributed by atoms with Crippen LogP contribution in [0.1, 0.15) is 5.82 Å². The molecule has 5 heteroatoms. The van der Waals surface area contributed by atoms with Gasteiger partial charge in [0.15, 0.2) is 0 Å². The van der Waals surface area contributed by atoms with E-state index in [1.807, 2.05) is 6.07 Å². The fraction of sp³-hybridized carbons (Fsp3) is 0.500. The zero-order valence-corrected chi connectivity index (χ0v) is 11.0. The molecule has 0 fully saturated rings. The van der Waals surface area contributed by atoms with Crippen molar-refractivity contribution < 1.29 is 0 Å². The minimum Gasteiger partial charge on any atom is -0.327 e. The smallest absolute Gasteiger partial charge is 0.111 e. The Hall–Kier alpha value is -1.13. The molecule has 0 aromatic carbocycles. The number of aryl methyl sites for hydroxylation is 1. The normalized spacial score (nSPS) is 11.5. The van der Waals surface area contributed by atoms with Crippen molar-refractivity contribution in [3.63, 3.8) is 0 Å². The number of aromatic nitrogens is 3. The second-order valence-corrected chi connectivity index (χ2v) is 4.66. The highest BCUT2D eigenvalue weighted by molar-refractivity contribution is 6.17. The second kappa shape index (κ2) is 5.47. The van der Waals surface area contributed by atoms with Crippen LogP contribution in [0.2, 0.25) is 0 Å². The van der Waals surface area contributed by atoms with Crippen LogP contribution in [-0.2, 0) is 13.0 Å². The van der Waals surface area contributed by atoms with Crippen molar-refractivity contribution in [2.75, 3.05) is 26.5 Å². The molecule has 0 saturated carbocycles. The Morgan fingerprint density at radius 1 is 1.41 bits per heavy atom. The summed E-state index contributed by atoms with van der Waals surface area (Å²) in [5.41, 5.74) is 2.09. The van der Waals surface area contributed by atoms with Crippen molar-refractivity contribution >= 4 is 22.6 Å². The number of hydrogen-bond acceptors (Lipinski definition) is 3. The van der Waals surface area contributed by atoms with Gasteiger partial charge in [-0.25, -0.2) is 4.98 Å². The number of nitrogens with zero attached hydrogens (tertiary/aromatic N) is 4. The molecule has 0 bridgehead atoms. The fourth-order valence-corrected chi connectivity index (χ4v) is 2.03. The van der Waals surface area contributed by atoms with E-state index in [2.05, 4.69) is 33.5 Å². The predicted molar refractivity (Wildman–Crippen MR) is 70.5 cm³/mol. The number of hydrogen-bond donors (Lipinski definition) is 0. The van der Waals surface area contributed by atoms with Gasteiger partial charge in [0.2, 0.25) is 0 Å². The Labute approximate surface area is 106 Å². The SMILES string of the molecule is CN(C)CCn1c(CCCl)nc2cnccc21.